The van der Waals surface area contributed by atoms with Crippen molar-refractivity contribution in [1.29, 1.82) is 0 Å². The fourth-order valence-electron chi connectivity index (χ4n) is 2.87. The Morgan fingerprint density at radius 3 is 2.75 bits per heavy atom. The van der Waals surface area contributed by atoms with Gasteiger partial charge in [-0.05, 0) is 24.1 Å². The highest BCUT2D eigenvalue weighted by molar-refractivity contribution is 5.78. The van der Waals surface area contributed by atoms with Crippen LogP contribution in [0.4, 0.5) is 4.39 Å². The van der Waals surface area contributed by atoms with Crippen LogP contribution in [0.15, 0.2) is 24.3 Å². The van der Waals surface area contributed by atoms with Crippen molar-refractivity contribution in [3.05, 3.63) is 47.3 Å². The first-order valence-electron chi connectivity index (χ1n) is 8.09. The Morgan fingerprint density at radius 2 is 2.08 bits per heavy atom. The van der Waals surface area contributed by atoms with E-state index < -0.39 is 0 Å². The maximum absolute atomic E-state index is 13.1. The Labute approximate surface area is 140 Å². The summed E-state index contributed by atoms with van der Waals surface area (Å²) in [4.78, 5) is 18.1. The highest BCUT2D eigenvalue weighted by Gasteiger charge is 2.21. The van der Waals surface area contributed by atoms with E-state index in [1.165, 1.54) is 12.1 Å². The van der Waals surface area contributed by atoms with E-state index >= 15 is 0 Å². The van der Waals surface area contributed by atoms with Crippen molar-refractivity contribution in [2.24, 2.45) is 0 Å². The first kappa shape index (κ1) is 16.6. The maximum Gasteiger partial charge on any atom is 0.222 e. The van der Waals surface area contributed by atoms with Crippen molar-refractivity contribution in [2.75, 3.05) is 20.2 Å². The topological polar surface area (TPSA) is 60.2 Å². The zero-order valence-electron chi connectivity index (χ0n) is 13.7. The van der Waals surface area contributed by atoms with E-state index in [0.717, 1.165) is 24.4 Å². The van der Waals surface area contributed by atoms with E-state index in [4.69, 9.17) is 4.74 Å². The molecule has 0 unspecified atom stereocenters. The first-order valence-corrected chi connectivity index (χ1v) is 8.09. The van der Waals surface area contributed by atoms with Gasteiger partial charge in [-0.25, -0.2) is 14.1 Å². The molecule has 2 heterocycles. The highest BCUT2D eigenvalue weighted by atomic mass is 19.1. The van der Waals surface area contributed by atoms with Gasteiger partial charge in [-0.2, -0.15) is 5.10 Å². The van der Waals surface area contributed by atoms with Crippen LogP contribution in [0.3, 0.4) is 0 Å². The Hall–Kier alpha value is -2.28. The van der Waals surface area contributed by atoms with E-state index in [-0.39, 0.29) is 11.7 Å². The van der Waals surface area contributed by atoms with Gasteiger partial charge in [0, 0.05) is 33.0 Å². The molecule has 1 aliphatic heterocycles. The second-order valence-electron chi connectivity index (χ2n) is 5.90. The van der Waals surface area contributed by atoms with Crippen LogP contribution in [-0.2, 0) is 29.1 Å². The number of hydrogen-bond acceptors (Lipinski definition) is 4. The van der Waals surface area contributed by atoms with E-state index in [9.17, 15) is 9.18 Å². The molecular formula is C17H21FN4O2. The number of amides is 1. The zero-order valence-corrected chi connectivity index (χ0v) is 13.7. The molecule has 0 spiro atoms. The van der Waals surface area contributed by atoms with Crippen molar-refractivity contribution in [2.45, 2.75) is 32.4 Å². The van der Waals surface area contributed by atoms with Crippen molar-refractivity contribution in [3.8, 4) is 0 Å². The zero-order chi connectivity index (χ0) is 16.9. The molecule has 1 aromatic carbocycles. The summed E-state index contributed by atoms with van der Waals surface area (Å²) >= 11 is 0. The molecule has 3 rings (SSSR count). The first-order chi connectivity index (χ1) is 11.7. The smallest absolute Gasteiger partial charge is 0.222 e. The normalized spacial score (nSPS) is 14.6. The van der Waals surface area contributed by atoms with E-state index in [1.807, 2.05) is 9.58 Å². The highest BCUT2D eigenvalue weighted by Crippen LogP contribution is 2.12. The summed E-state index contributed by atoms with van der Waals surface area (Å²) in [5, 5.41) is 4.47. The molecule has 0 N–H and O–H groups in total. The molecule has 1 saturated heterocycles. The molecule has 1 amide bonds. The van der Waals surface area contributed by atoms with Crippen LogP contribution < -0.4 is 0 Å². The van der Waals surface area contributed by atoms with Gasteiger partial charge in [-0.3, -0.25) is 4.79 Å². The average molecular weight is 332 g/mol. The molecule has 0 bridgehead atoms. The number of likely N-dealkylation sites (tertiary alicyclic amines) is 1. The number of methoxy groups -OCH3 is 1. The average Bonchev–Trinajstić information content (AvgIpc) is 3.14. The second-order valence-corrected chi connectivity index (χ2v) is 5.90. The molecule has 1 fully saturated rings. The molecule has 0 radical (unpaired) electrons. The van der Waals surface area contributed by atoms with Crippen LogP contribution in [0.5, 0.6) is 0 Å². The fourth-order valence-corrected chi connectivity index (χ4v) is 2.87. The van der Waals surface area contributed by atoms with Gasteiger partial charge in [0.05, 0.1) is 6.54 Å². The molecule has 7 heteroatoms. The van der Waals surface area contributed by atoms with Gasteiger partial charge in [0.1, 0.15) is 18.2 Å². The second kappa shape index (κ2) is 7.53. The molecule has 1 aliphatic rings. The lowest BCUT2D eigenvalue weighted by atomic mass is 10.2. The van der Waals surface area contributed by atoms with Crippen LogP contribution in [0.1, 0.15) is 30.1 Å². The Morgan fingerprint density at radius 1 is 1.29 bits per heavy atom. The lowest BCUT2D eigenvalue weighted by Gasteiger charge is -2.15. The summed E-state index contributed by atoms with van der Waals surface area (Å²) in [6.45, 7) is 2.32. The molecule has 0 aliphatic carbocycles. The van der Waals surface area contributed by atoms with Crippen molar-refractivity contribution >= 4 is 5.91 Å². The van der Waals surface area contributed by atoms with Crippen molar-refractivity contribution in [1.82, 2.24) is 19.7 Å². The largest absolute Gasteiger partial charge is 0.377 e. The number of carbonyl (C=O) groups is 1. The number of halogens is 1. The third-order valence-electron chi connectivity index (χ3n) is 4.09. The van der Waals surface area contributed by atoms with Crippen LogP contribution in [0.25, 0.3) is 0 Å². The van der Waals surface area contributed by atoms with Crippen LogP contribution in [-0.4, -0.2) is 45.8 Å². The Bertz CT molecular complexity index is 699. The monoisotopic (exact) mass is 332 g/mol. The Balaban J connectivity index is 1.73. The third-order valence-corrected chi connectivity index (χ3v) is 4.09. The van der Waals surface area contributed by atoms with Gasteiger partial charge in [0.15, 0.2) is 5.82 Å². The van der Waals surface area contributed by atoms with Crippen LogP contribution in [0.2, 0.25) is 0 Å². The third kappa shape index (κ3) is 3.97. The molecule has 128 valence electrons. The maximum atomic E-state index is 13.1. The molecule has 24 heavy (non-hydrogen) atoms. The molecule has 1 aromatic heterocycles. The summed E-state index contributed by atoms with van der Waals surface area (Å²) in [5.41, 5.74) is 0.948. The summed E-state index contributed by atoms with van der Waals surface area (Å²) < 4.78 is 20.0. The van der Waals surface area contributed by atoms with Gasteiger partial charge in [-0.1, -0.05) is 12.1 Å². The van der Waals surface area contributed by atoms with E-state index in [1.54, 1.807) is 19.2 Å². The van der Waals surface area contributed by atoms with E-state index in [2.05, 4.69) is 10.1 Å². The summed E-state index contributed by atoms with van der Waals surface area (Å²) in [6.07, 6.45) is 2.21. The fraction of sp³-hybridized carbons (Fsp3) is 0.471. The van der Waals surface area contributed by atoms with Crippen LogP contribution >= 0.6 is 0 Å². The lowest BCUT2D eigenvalue weighted by Crippen LogP contribution is -2.27. The molecule has 6 nitrogen and oxygen atoms in total. The van der Waals surface area contributed by atoms with Crippen molar-refractivity contribution < 1.29 is 13.9 Å². The predicted molar refractivity (Wildman–Crippen MR) is 85.8 cm³/mol. The number of aromatic nitrogens is 3. The minimum absolute atomic E-state index is 0.205. The molecule has 0 saturated carbocycles. The minimum atomic E-state index is -0.259. The number of nitrogens with zero attached hydrogens (tertiary/aromatic N) is 4. The van der Waals surface area contributed by atoms with Gasteiger partial charge in [-0.15, -0.1) is 0 Å². The number of benzene rings is 1. The number of rotatable bonds is 7. The minimum Gasteiger partial charge on any atom is -0.377 e. The number of carbonyl (C=O) groups excluding carboxylic acids is 1. The van der Waals surface area contributed by atoms with Crippen LogP contribution in [0, 0.1) is 5.82 Å². The summed E-state index contributed by atoms with van der Waals surface area (Å²) in [6, 6.07) is 6.34. The number of ether oxygens (including phenoxy) is 1. The molecule has 0 atom stereocenters. The summed E-state index contributed by atoms with van der Waals surface area (Å²) in [7, 11) is 1.60. The standard InChI is InChI=1S/C17H21FN4O2/c1-24-12-15-19-16(8-10-21-9-2-3-17(21)23)22(20-15)11-13-4-6-14(18)7-5-13/h4-7H,2-3,8-12H2,1H3. The molecule has 2 aromatic rings. The van der Waals surface area contributed by atoms with Gasteiger partial charge >= 0.3 is 0 Å². The summed E-state index contributed by atoms with van der Waals surface area (Å²) in [5.74, 6) is 1.37. The SMILES string of the molecule is COCc1nc(CCN2CCCC2=O)n(Cc2ccc(F)cc2)n1. The van der Waals surface area contributed by atoms with Crippen molar-refractivity contribution in [3.63, 3.8) is 0 Å². The quantitative estimate of drug-likeness (QED) is 0.775. The van der Waals surface area contributed by atoms with E-state index in [0.29, 0.717) is 38.4 Å². The van der Waals surface area contributed by atoms with Gasteiger partial charge < -0.3 is 9.64 Å². The Kier molecular flexibility index (Phi) is 5.20. The van der Waals surface area contributed by atoms with Gasteiger partial charge in [0.2, 0.25) is 5.91 Å². The lowest BCUT2D eigenvalue weighted by molar-refractivity contribution is -0.127. The van der Waals surface area contributed by atoms with Gasteiger partial charge in [0.25, 0.3) is 0 Å². The number of hydrogen-bond donors (Lipinski definition) is 0. The predicted octanol–water partition coefficient (Wildman–Crippen LogP) is 1.78. The molecular weight excluding hydrogens is 311 g/mol.